The molecule has 0 radical (unpaired) electrons. The zero-order valence-electron chi connectivity index (χ0n) is 10.8. The van der Waals surface area contributed by atoms with Crippen molar-refractivity contribution in [2.75, 3.05) is 5.32 Å². The maximum absolute atomic E-state index is 12.0. The summed E-state index contributed by atoms with van der Waals surface area (Å²) in [5, 5.41) is 5.68. The molecule has 19 heavy (non-hydrogen) atoms. The number of aromatic nitrogens is 1. The molecule has 0 saturated heterocycles. The summed E-state index contributed by atoms with van der Waals surface area (Å²) in [6, 6.07) is 4.17. The van der Waals surface area contributed by atoms with Crippen molar-refractivity contribution in [2.24, 2.45) is 5.92 Å². The summed E-state index contributed by atoms with van der Waals surface area (Å²) in [6.07, 6.45) is 4.40. The molecule has 1 aliphatic carbocycles. The molecule has 2 aromatic rings. The van der Waals surface area contributed by atoms with E-state index < -0.39 is 0 Å². The van der Waals surface area contributed by atoms with Gasteiger partial charge in [0.05, 0.1) is 10.6 Å². The van der Waals surface area contributed by atoms with E-state index in [2.05, 4.69) is 29.4 Å². The van der Waals surface area contributed by atoms with Crippen molar-refractivity contribution in [3.63, 3.8) is 0 Å². The molecule has 1 fully saturated rings. The molecule has 3 nitrogen and oxygen atoms in total. The largest absolute Gasteiger partial charge is 0.302 e. The van der Waals surface area contributed by atoms with Gasteiger partial charge >= 0.3 is 0 Å². The van der Waals surface area contributed by atoms with Crippen molar-refractivity contribution >= 4 is 33.7 Å². The Balaban J connectivity index is 1.69. The number of rotatable bonds is 3. The first-order chi connectivity index (χ1) is 9.22. The molecular weight excluding hydrogens is 276 g/mol. The highest BCUT2D eigenvalue weighted by atomic mass is 32.1. The number of carbonyl (C=O) groups is 1. The third-order valence-electron chi connectivity index (χ3n) is 3.45. The summed E-state index contributed by atoms with van der Waals surface area (Å²) in [7, 11) is 0. The van der Waals surface area contributed by atoms with E-state index >= 15 is 0 Å². The molecule has 0 bridgehead atoms. The summed E-state index contributed by atoms with van der Waals surface area (Å²) < 4.78 is 0. The van der Waals surface area contributed by atoms with Crippen LogP contribution in [0.1, 0.15) is 30.6 Å². The normalized spacial score (nSPS) is 15.8. The van der Waals surface area contributed by atoms with Gasteiger partial charge in [-0.25, -0.2) is 4.98 Å². The highest BCUT2D eigenvalue weighted by Crippen LogP contribution is 2.31. The van der Waals surface area contributed by atoms with Gasteiger partial charge in [0.25, 0.3) is 0 Å². The summed E-state index contributed by atoms with van der Waals surface area (Å²) in [6.45, 7) is 2.09. The molecule has 1 N–H and O–H groups in total. The first-order valence-corrected chi connectivity index (χ1v) is 8.25. The molecule has 5 heteroatoms. The molecule has 100 valence electrons. The molecule has 0 aliphatic heterocycles. The Hall–Kier alpha value is -1.20. The first-order valence-electron chi connectivity index (χ1n) is 6.55. The van der Waals surface area contributed by atoms with Crippen LogP contribution in [-0.2, 0) is 4.79 Å². The molecule has 0 aromatic carbocycles. The summed E-state index contributed by atoms with van der Waals surface area (Å²) in [5.74, 6) is 0.331. The van der Waals surface area contributed by atoms with Crippen LogP contribution < -0.4 is 5.32 Å². The lowest BCUT2D eigenvalue weighted by atomic mass is 10.1. The molecule has 3 rings (SSSR count). The summed E-state index contributed by atoms with van der Waals surface area (Å²) in [4.78, 5) is 19.0. The SMILES string of the molecule is Cc1ccc(-c2csc(NC(=O)C3CCCC3)n2)s1. The lowest BCUT2D eigenvalue weighted by molar-refractivity contribution is -0.119. The van der Waals surface area contributed by atoms with E-state index in [1.807, 2.05) is 5.38 Å². The van der Waals surface area contributed by atoms with Gasteiger partial charge in [0.15, 0.2) is 5.13 Å². The van der Waals surface area contributed by atoms with Crippen molar-refractivity contribution in [3.05, 3.63) is 22.4 Å². The number of aryl methyl sites for hydroxylation is 1. The predicted octanol–water partition coefficient (Wildman–Crippen LogP) is 4.31. The zero-order chi connectivity index (χ0) is 13.2. The van der Waals surface area contributed by atoms with Crippen molar-refractivity contribution in [1.82, 2.24) is 4.98 Å². The molecule has 1 amide bonds. The van der Waals surface area contributed by atoms with E-state index in [0.717, 1.165) is 28.5 Å². The van der Waals surface area contributed by atoms with E-state index in [9.17, 15) is 4.79 Å². The molecule has 1 aliphatic rings. The molecule has 0 atom stereocenters. The highest BCUT2D eigenvalue weighted by molar-refractivity contribution is 7.17. The third kappa shape index (κ3) is 2.87. The fourth-order valence-corrected chi connectivity index (χ4v) is 4.03. The maximum Gasteiger partial charge on any atom is 0.229 e. The molecule has 0 spiro atoms. The van der Waals surface area contributed by atoms with Crippen molar-refractivity contribution in [3.8, 4) is 10.6 Å². The zero-order valence-corrected chi connectivity index (χ0v) is 12.4. The van der Waals surface area contributed by atoms with Gasteiger partial charge in [-0.15, -0.1) is 22.7 Å². The number of nitrogens with zero attached hydrogens (tertiary/aromatic N) is 1. The van der Waals surface area contributed by atoms with E-state index in [1.165, 1.54) is 29.1 Å². The Morgan fingerprint density at radius 2 is 2.16 bits per heavy atom. The van der Waals surface area contributed by atoms with Crippen molar-refractivity contribution in [2.45, 2.75) is 32.6 Å². The second-order valence-electron chi connectivity index (χ2n) is 4.92. The Bertz CT molecular complexity index is 582. The second kappa shape index (κ2) is 5.43. The minimum atomic E-state index is 0.140. The lowest BCUT2D eigenvalue weighted by Crippen LogP contribution is -2.20. The Morgan fingerprint density at radius 3 is 2.84 bits per heavy atom. The van der Waals surface area contributed by atoms with Crippen LogP contribution in [0.25, 0.3) is 10.6 Å². The molecule has 2 heterocycles. The average Bonchev–Trinajstić information content (AvgIpc) is 3.07. The maximum atomic E-state index is 12.0. The fraction of sp³-hybridized carbons (Fsp3) is 0.429. The topological polar surface area (TPSA) is 42.0 Å². The number of nitrogens with one attached hydrogen (secondary N) is 1. The third-order valence-corrected chi connectivity index (χ3v) is 5.23. The number of thiophene rings is 1. The van der Waals surface area contributed by atoms with E-state index in [1.54, 1.807) is 11.3 Å². The van der Waals surface area contributed by atoms with Gasteiger partial charge in [-0.1, -0.05) is 12.8 Å². The Kier molecular flexibility index (Phi) is 3.66. The van der Waals surface area contributed by atoms with E-state index in [0.29, 0.717) is 0 Å². The monoisotopic (exact) mass is 292 g/mol. The minimum absolute atomic E-state index is 0.140. The quantitative estimate of drug-likeness (QED) is 0.916. The standard InChI is InChI=1S/C14H16N2OS2/c1-9-6-7-12(19-9)11-8-18-14(15-11)16-13(17)10-4-2-3-5-10/h6-8,10H,2-5H2,1H3,(H,15,16,17). The molecule has 2 aromatic heterocycles. The Morgan fingerprint density at radius 1 is 1.37 bits per heavy atom. The highest BCUT2D eigenvalue weighted by Gasteiger charge is 2.23. The van der Waals surface area contributed by atoms with Gasteiger partial charge in [0.2, 0.25) is 5.91 Å². The number of anilines is 1. The van der Waals surface area contributed by atoms with E-state index in [-0.39, 0.29) is 11.8 Å². The van der Waals surface area contributed by atoms with E-state index in [4.69, 9.17) is 0 Å². The summed E-state index contributed by atoms with van der Waals surface area (Å²) >= 11 is 3.23. The van der Waals surface area contributed by atoms with Crippen LogP contribution in [0.5, 0.6) is 0 Å². The van der Waals surface area contributed by atoms with Gasteiger partial charge < -0.3 is 5.32 Å². The molecule has 1 saturated carbocycles. The van der Waals surface area contributed by atoms with Crippen LogP contribution in [0.15, 0.2) is 17.5 Å². The van der Waals surface area contributed by atoms with Crippen LogP contribution in [0.4, 0.5) is 5.13 Å². The molecule has 0 unspecified atom stereocenters. The van der Waals surface area contributed by atoms with Crippen molar-refractivity contribution in [1.29, 1.82) is 0 Å². The number of hydrogen-bond acceptors (Lipinski definition) is 4. The fourth-order valence-electron chi connectivity index (χ4n) is 2.41. The number of amides is 1. The first kappa shape index (κ1) is 12.8. The number of hydrogen-bond donors (Lipinski definition) is 1. The van der Waals surface area contributed by atoms with Crippen LogP contribution in [0, 0.1) is 12.8 Å². The van der Waals surface area contributed by atoms with Crippen LogP contribution in [0.3, 0.4) is 0 Å². The van der Waals surface area contributed by atoms with Crippen LogP contribution in [-0.4, -0.2) is 10.9 Å². The van der Waals surface area contributed by atoms with Crippen molar-refractivity contribution < 1.29 is 4.79 Å². The molecular formula is C14H16N2OS2. The Labute approximate surface area is 120 Å². The number of thiazole rings is 1. The van der Waals surface area contributed by atoms with Gasteiger partial charge in [-0.05, 0) is 31.9 Å². The summed E-state index contributed by atoms with van der Waals surface area (Å²) in [5.41, 5.74) is 0.963. The second-order valence-corrected chi connectivity index (χ2v) is 7.06. The number of carbonyl (C=O) groups excluding carboxylic acids is 1. The average molecular weight is 292 g/mol. The smallest absolute Gasteiger partial charge is 0.229 e. The lowest BCUT2D eigenvalue weighted by Gasteiger charge is -2.07. The van der Waals surface area contributed by atoms with Gasteiger partial charge in [-0.2, -0.15) is 0 Å². The van der Waals surface area contributed by atoms with Crippen LogP contribution >= 0.6 is 22.7 Å². The minimum Gasteiger partial charge on any atom is -0.302 e. The predicted molar refractivity (Wildman–Crippen MR) is 80.8 cm³/mol. The van der Waals surface area contributed by atoms with Gasteiger partial charge in [-0.3, -0.25) is 4.79 Å². The van der Waals surface area contributed by atoms with Crippen LogP contribution in [0.2, 0.25) is 0 Å². The van der Waals surface area contributed by atoms with Gasteiger partial charge in [0, 0.05) is 16.2 Å². The van der Waals surface area contributed by atoms with Gasteiger partial charge in [0.1, 0.15) is 0 Å².